The van der Waals surface area contributed by atoms with Crippen LogP contribution in [0.4, 0.5) is 13.2 Å². The van der Waals surface area contributed by atoms with Crippen molar-refractivity contribution < 1.29 is 18.3 Å². The van der Waals surface area contributed by atoms with Crippen LogP contribution in [-0.2, 0) is 0 Å². The fourth-order valence-electron chi connectivity index (χ4n) is 1.18. The molecule has 15 heavy (non-hydrogen) atoms. The molecule has 1 atom stereocenters. The van der Waals surface area contributed by atoms with Crippen molar-refractivity contribution in [1.29, 1.82) is 0 Å². The van der Waals surface area contributed by atoms with E-state index in [0.717, 1.165) is 6.42 Å². The third-order valence-electron chi connectivity index (χ3n) is 2.09. The SMILES string of the molecule is CCC(CCO)CNCCSC(F)(F)F. The summed E-state index contributed by atoms with van der Waals surface area (Å²) in [5.74, 6) is 0.393. The summed E-state index contributed by atoms with van der Waals surface area (Å²) in [5, 5.41) is 11.7. The van der Waals surface area contributed by atoms with Gasteiger partial charge in [0.05, 0.1) is 0 Å². The molecule has 0 aliphatic carbocycles. The molecule has 0 radical (unpaired) electrons. The largest absolute Gasteiger partial charge is 0.441 e. The average molecular weight is 245 g/mol. The summed E-state index contributed by atoms with van der Waals surface area (Å²) in [6.07, 6.45) is 1.63. The van der Waals surface area contributed by atoms with E-state index in [-0.39, 0.29) is 24.1 Å². The first-order chi connectivity index (χ1) is 6.99. The highest BCUT2D eigenvalue weighted by atomic mass is 32.2. The molecule has 0 amide bonds. The minimum atomic E-state index is -4.13. The van der Waals surface area contributed by atoms with Crippen molar-refractivity contribution in [3.8, 4) is 0 Å². The minimum Gasteiger partial charge on any atom is -0.396 e. The van der Waals surface area contributed by atoms with Crippen LogP contribution in [0.5, 0.6) is 0 Å². The molecule has 1 unspecified atom stereocenters. The molecule has 92 valence electrons. The Labute approximate surface area is 92.6 Å². The number of halogens is 3. The summed E-state index contributed by atoms with van der Waals surface area (Å²) in [7, 11) is 0. The number of hydrogen-bond donors (Lipinski definition) is 2. The monoisotopic (exact) mass is 245 g/mol. The quantitative estimate of drug-likeness (QED) is 0.643. The van der Waals surface area contributed by atoms with Gasteiger partial charge in [-0.1, -0.05) is 13.3 Å². The Morgan fingerprint density at radius 2 is 2.07 bits per heavy atom. The predicted octanol–water partition coefficient (Wildman–Crippen LogP) is 2.24. The van der Waals surface area contributed by atoms with E-state index in [4.69, 9.17) is 5.11 Å². The molecular weight excluding hydrogens is 227 g/mol. The molecule has 0 saturated carbocycles. The van der Waals surface area contributed by atoms with Crippen LogP contribution in [0, 0.1) is 5.92 Å². The molecule has 2 nitrogen and oxygen atoms in total. The number of hydrogen-bond acceptors (Lipinski definition) is 3. The topological polar surface area (TPSA) is 32.3 Å². The van der Waals surface area contributed by atoms with E-state index >= 15 is 0 Å². The summed E-state index contributed by atoms with van der Waals surface area (Å²) >= 11 is -0.00569. The molecule has 0 aliphatic rings. The van der Waals surface area contributed by atoms with E-state index in [1.165, 1.54) is 0 Å². The number of thioether (sulfide) groups is 1. The van der Waals surface area contributed by atoms with Crippen LogP contribution in [0.3, 0.4) is 0 Å². The molecule has 0 heterocycles. The maximum Gasteiger partial charge on any atom is 0.441 e. The van der Waals surface area contributed by atoms with Crippen molar-refractivity contribution in [3.63, 3.8) is 0 Å². The zero-order valence-electron chi connectivity index (χ0n) is 8.81. The fourth-order valence-corrected chi connectivity index (χ4v) is 1.66. The molecule has 0 saturated heterocycles. The standard InChI is InChI=1S/C9H18F3NOS/c1-2-8(3-5-14)7-13-4-6-15-9(10,11)12/h8,13-14H,2-7H2,1H3. The molecule has 0 aromatic rings. The van der Waals surface area contributed by atoms with Gasteiger partial charge in [-0.2, -0.15) is 13.2 Å². The lowest BCUT2D eigenvalue weighted by Gasteiger charge is -2.14. The number of rotatable bonds is 8. The maximum atomic E-state index is 11.7. The summed E-state index contributed by atoms with van der Waals surface area (Å²) in [4.78, 5) is 0. The summed E-state index contributed by atoms with van der Waals surface area (Å²) in [5.41, 5.74) is -4.13. The third-order valence-corrected chi connectivity index (χ3v) is 2.83. The van der Waals surface area contributed by atoms with E-state index in [1.807, 2.05) is 6.92 Å². The minimum absolute atomic E-state index is 0.00569. The Hall–Kier alpha value is 0.0600. The fraction of sp³-hybridized carbons (Fsp3) is 1.00. The molecule has 2 N–H and O–H groups in total. The summed E-state index contributed by atoms with van der Waals surface area (Å²) in [6.45, 7) is 3.17. The lowest BCUT2D eigenvalue weighted by Crippen LogP contribution is -2.26. The van der Waals surface area contributed by atoms with E-state index in [1.54, 1.807) is 0 Å². The van der Waals surface area contributed by atoms with E-state index < -0.39 is 5.51 Å². The second-order valence-electron chi connectivity index (χ2n) is 3.28. The first-order valence-electron chi connectivity index (χ1n) is 5.01. The van der Waals surface area contributed by atoms with E-state index in [9.17, 15) is 13.2 Å². The van der Waals surface area contributed by atoms with Gasteiger partial charge in [0.25, 0.3) is 0 Å². The Bertz CT molecular complexity index is 155. The first-order valence-corrected chi connectivity index (χ1v) is 6.00. The van der Waals surface area contributed by atoms with Crippen molar-refractivity contribution in [1.82, 2.24) is 5.32 Å². The van der Waals surface area contributed by atoms with Crippen LogP contribution in [-0.4, -0.2) is 36.1 Å². The third kappa shape index (κ3) is 10.3. The van der Waals surface area contributed by atoms with Gasteiger partial charge >= 0.3 is 5.51 Å². The smallest absolute Gasteiger partial charge is 0.396 e. The number of alkyl halides is 3. The van der Waals surface area contributed by atoms with Gasteiger partial charge < -0.3 is 10.4 Å². The van der Waals surface area contributed by atoms with Gasteiger partial charge in [0.15, 0.2) is 0 Å². The number of aliphatic hydroxyl groups excluding tert-OH is 1. The summed E-state index contributed by atoms with van der Waals surface area (Å²) < 4.78 is 35.2. The molecule has 0 fully saturated rings. The van der Waals surface area contributed by atoms with E-state index in [0.29, 0.717) is 25.4 Å². The van der Waals surface area contributed by atoms with Crippen LogP contribution >= 0.6 is 11.8 Å². The zero-order valence-corrected chi connectivity index (χ0v) is 9.63. The van der Waals surface area contributed by atoms with Crippen LogP contribution in [0.1, 0.15) is 19.8 Å². The molecule has 0 aromatic heterocycles. The molecule has 6 heteroatoms. The van der Waals surface area contributed by atoms with Crippen LogP contribution in [0.2, 0.25) is 0 Å². The van der Waals surface area contributed by atoms with Crippen molar-refractivity contribution in [2.75, 3.05) is 25.4 Å². The molecule has 0 aromatic carbocycles. The highest BCUT2D eigenvalue weighted by molar-refractivity contribution is 8.00. The Morgan fingerprint density at radius 3 is 2.53 bits per heavy atom. The first kappa shape index (κ1) is 15.1. The predicted molar refractivity (Wildman–Crippen MR) is 56.9 cm³/mol. The maximum absolute atomic E-state index is 11.7. The second-order valence-corrected chi connectivity index (χ2v) is 4.44. The van der Waals surface area contributed by atoms with Crippen LogP contribution in [0.25, 0.3) is 0 Å². The number of nitrogens with one attached hydrogen (secondary N) is 1. The molecule has 0 aliphatic heterocycles. The van der Waals surface area contributed by atoms with Crippen molar-refractivity contribution >= 4 is 11.8 Å². The summed E-state index contributed by atoms with van der Waals surface area (Å²) in [6, 6.07) is 0. The van der Waals surface area contributed by atoms with Crippen LogP contribution < -0.4 is 5.32 Å². The van der Waals surface area contributed by atoms with Gasteiger partial charge in [-0.15, -0.1) is 0 Å². The number of aliphatic hydroxyl groups is 1. The Balaban J connectivity index is 3.36. The highest BCUT2D eigenvalue weighted by Crippen LogP contribution is 2.29. The zero-order chi connectivity index (χ0) is 11.7. The van der Waals surface area contributed by atoms with E-state index in [2.05, 4.69) is 5.32 Å². The Morgan fingerprint density at radius 1 is 1.40 bits per heavy atom. The highest BCUT2D eigenvalue weighted by Gasteiger charge is 2.27. The molecule has 0 rings (SSSR count). The van der Waals surface area contributed by atoms with Crippen LogP contribution in [0.15, 0.2) is 0 Å². The van der Waals surface area contributed by atoms with Gasteiger partial charge in [-0.3, -0.25) is 0 Å². The van der Waals surface area contributed by atoms with Crippen molar-refractivity contribution in [2.45, 2.75) is 25.3 Å². The lowest BCUT2D eigenvalue weighted by molar-refractivity contribution is -0.0327. The molecular formula is C9H18F3NOS. The van der Waals surface area contributed by atoms with Crippen molar-refractivity contribution in [2.24, 2.45) is 5.92 Å². The van der Waals surface area contributed by atoms with Gasteiger partial charge in [0.2, 0.25) is 0 Å². The van der Waals surface area contributed by atoms with Gasteiger partial charge in [0.1, 0.15) is 0 Å². The Kier molecular flexibility index (Phi) is 8.27. The van der Waals surface area contributed by atoms with Gasteiger partial charge in [0, 0.05) is 18.9 Å². The molecule has 0 bridgehead atoms. The van der Waals surface area contributed by atoms with Crippen molar-refractivity contribution in [3.05, 3.63) is 0 Å². The second kappa shape index (κ2) is 8.24. The average Bonchev–Trinajstić information content (AvgIpc) is 2.14. The molecule has 0 spiro atoms. The normalized spacial score (nSPS) is 14.2. The van der Waals surface area contributed by atoms with Gasteiger partial charge in [-0.05, 0) is 30.6 Å². The lowest BCUT2D eigenvalue weighted by atomic mass is 10.0. The van der Waals surface area contributed by atoms with Gasteiger partial charge in [-0.25, -0.2) is 0 Å².